The van der Waals surface area contributed by atoms with Gasteiger partial charge >= 0.3 is 5.97 Å². The Morgan fingerprint density at radius 2 is 1.88 bits per heavy atom. The first kappa shape index (κ1) is 21.1. The van der Waals surface area contributed by atoms with Gasteiger partial charge in [-0.2, -0.15) is 4.31 Å². The summed E-state index contributed by atoms with van der Waals surface area (Å²) in [6, 6.07) is 4.31. The van der Waals surface area contributed by atoms with E-state index >= 15 is 0 Å². The number of carboxylic acids is 1. The van der Waals surface area contributed by atoms with Gasteiger partial charge in [0.1, 0.15) is 0 Å². The van der Waals surface area contributed by atoms with E-state index in [1.165, 1.54) is 23.5 Å². The molecule has 0 aliphatic carbocycles. The van der Waals surface area contributed by atoms with Gasteiger partial charge in [-0.3, -0.25) is 4.79 Å². The molecule has 9 heteroatoms. The number of amides is 1. The van der Waals surface area contributed by atoms with E-state index in [1.807, 2.05) is 0 Å². The molecule has 0 aliphatic rings. The molecular weight excluding hydrogens is 348 g/mol. The minimum absolute atomic E-state index is 0.0217. The van der Waals surface area contributed by atoms with Crippen LogP contribution in [0.3, 0.4) is 0 Å². The van der Waals surface area contributed by atoms with Gasteiger partial charge in [-0.25, -0.2) is 13.2 Å². The number of carbonyl (C=O) groups is 2. The lowest BCUT2D eigenvalue weighted by Crippen LogP contribution is -2.38. The second-order valence-electron chi connectivity index (χ2n) is 5.34. The Labute approximate surface area is 147 Å². The largest absolute Gasteiger partial charge is 0.479 e. The summed E-state index contributed by atoms with van der Waals surface area (Å²) >= 11 is 0. The van der Waals surface area contributed by atoms with Crippen LogP contribution in [0.15, 0.2) is 23.1 Å². The highest BCUT2D eigenvalue weighted by Gasteiger charge is 2.24. The summed E-state index contributed by atoms with van der Waals surface area (Å²) in [5.41, 5.74) is 0.758. The smallest absolute Gasteiger partial charge is 0.334 e. The molecular formula is C16H24N2O6S. The summed E-state index contributed by atoms with van der Waals surface area (Å²) in [5.74, 6) is -1.75. The fourth-order valence-electron chi connectivity index (χ4n) is 2.27. The number of rotatable bonds is 9. The van der Waals surface area contributed by atoms with E-state index in [-0.39, 0.29) is 17.0 Å². The third-order valence-electron chi connectivity index (χ3n) is 3.80. The Morgan fingerprint density at radius 3 is 2.36 bits per heavy atom. The monoisotopic (exact) mass is 372 g/mol. The second kappa shape index (κ2) is 8.93. The van der Waals surface area contributed by atoms with Crippen molar-refractivity contribution in [3.63, 3.8) is 0 Å². The number of hydrogen-bond donors (Lipinski definition) is 2. The van der Waals surface area contributed by atoms with Crippen LogP contribution in [0.4, 0.5) is 0 Å². The first-order valence-electron chi connectivity index (χ1n) is 7.83. The fraction of sp³-hybridized carbons (Fsp3) is 0.500. The molecule has 1 aromatic rings. The predicted molar refractivity (Wildman–Crippen MR) is 92.1 cm³/mol. The zero-order valence-corrected chi connectivity index (χ0v) is 15.6. The highest BCUT2D eigenvalue weighted by Crippen LogP contribution is 2.19. The molecule has 0 spiro atoms. The van der Waals surface area contributed by atoms with Crippen molar-refractivity contribution in [1.82, 2.24) is 9.62 Å². The minimum Gasteiger partial charge on any atom is -0.479 e. The molecule has 1 rings (SSSR count). The van der Waals surface area contributed by atoms with E-state index in [0.717, 1.165) is 0 Å². The Hall–Kier alpha value is -1.97. The van der Waals surface area contributed by atoms with Gasteiger partial charge in [-0.15, -0.1) is 0 Å². The van der Waals surface area contributed by atoms with Gasteiger partial charge in [-0.1, -0.05) is 19.9 Å². The Balaban J connectivity index is 3.09. The Morgan fingerprint density at radius 1 is 1.28 bits per heavy atom. The first-order valence-corrected chi connectivity index (χ1v) is 9.27. The summed E-state index contributed by atoms with van der Waals surface area (Å²) in [4.78, 5) is 23.3. The van der Waals surface area contributed by atoms with Crippen molar-refractivity contribution in [3.05, 3.63) is 29.3 Å². The molecule has 0 bridgehead atoms. The molecule has 8 nitrogen and oxygen atoms in total. The average Bonchev–Trinajstić information content (AvgIpc) is 2.55. The van der Waals surface area contributed by atoms with Crippen LogP contribution in [0.2, 0.25) is 0 Å². The molecule has 1 aromatic carbocycles. The van der Waals surface area contributed by atoms with Gasteiger partial charge in [0.05, 0.1) is 11.4 Å². The highest BCUT2D eigenvalue weighted by molar-refractivity contribution is 7.89. The molecule has 0 radical (unpaired) electrons. The van der Waals surface area contributed by atoms with Crippen LogP contribution in [-0.2, 0) is 19.6 Å². The first-order chi connectivity index (χ1) is 11.7. The molecule has 0 fully saturated rings. The van der Waals surface area contributed by atoms with Crippen molar-refractivity contribution in [2.24, 2.45) is 0 Å². The second-order valence-corrected chi connectivity index (χ2v) is 7.28. The van der Waals surface area contributed by atoms with E-state index in [1.54, 1.807) is 26.8 Å². The van der Waals surface area contributed by atoms with E-state index < -0.39 is 28.0 Å². The Kier molecular flexibility index (Phi) is 7.53. The van der Waals surface area contributed by atoms with Gasteiger partial charge in [0.25, 0.3) is 5.91 Å². The average molecular weight is 372 g/mol. The minimum atomic E-state index is -3.69. The predicted octanol–water partition coefficient (Wildman–Crippen LogP) is 0.855. The number of aryl methyl sites for hydroxylation is 1. The summed E-state index contributed by atoms with van der Waals surface area (Å²) in [7, 11) is -2.46. The molecule has 25 heavy (non-hydrogen) atoms. The van der Waals surface area contributed by atoms with Gasteiger partial charge in [0.2, 0.25) is 10.0 Å². The maximum absolute atomic E-state index is 12.6. The summed E-state index contributed by atoms with van der Waals surface area (Å²) in [5, 5.41) is 11.4. The van der Waals surface area contributed by atoms with Crippen LogP contribution in [0.25, 0.3) is 0 Å². The van der Waals surface area contributed by atoms with Crippen LogP contribution in [-0.4, -0.2) is 62.6 Å². The van der Waals surface area contributed by atoms with Crippen molar-refractivity contribution in [2.75, 3.05) is 26.7 Å². The molecule has 1 unspecified atom stereocenters. The van der Waals surface area contributed by atoms with E-state index in [4.69, 9.17) is 9.84 Å². The van der Waals surface area contributed by atoms with Crippen molar-refractivity contribution >= 4 is 21.9 Å². The quantitative estimate of drug-likeness (QED) is 0.665. The molecule has 2 N–H and O–H groups in total. The van der Waals surface area contributed by atoms with Gasteiger partial charge < -0.3 is 15.2 Å². The molecule has 0 aliphatic heterocycles. The topological polar surface area (TPSA) is 113 Å². The number of carboxylic acid groups (broad SMARTS) is 1. The highest BCUT2D eigenvalue weighted by atomic mass is 32.2. The van der Waals surface area contributed by atoms with Crippen LogP contribution in [0.1, 0.15) is 29.8 Å². The summed E-state index contributed by atoms with van der Waals surface area (Å²) < 4.78 is 31.2. The fourth-order valence-corrected chi connectivity index (χ4v) is 3.76. The molecule has 0 aromatic heterocycles. The number of methoxy groups -OCH3 is 1. The van der Waals surface area contributed by atoms with Crippen LogP contribution in [0, 0.1) is 6.92 Å². The number of carbonyl (C=O) groups excluding carboxylic acids is 1. The zero-order chi connectivity index (χ0) is 19.2. The maximum atomic E-state index is 12.6. The van der Waals surface area contributed by atoms with Crippen molar-refractivity contribution in [3.8, 4) is 0 Å². The molecule has 1 atom stereocenters. The SMILES string of the molecule is CCN(CC)S(=O)(=O)c1ccc(C)c(C(=O)NCC(OC)C(=O)O)c1. The Bertz CT molecular complexity index is 728. The number of aliphatic carboxylic acids is 1. The van der Waals surface area contributed by atoms with E-state index in [2.05, 4.69) is 5.32 Å². The summed E-state index contributed by atoms with van der Waals surface area (Å²) in [6.45, 7) is 5.56. The number of sulfonamides is 1. The van der Waals surface area contributed by atoms with E-state index in [0.29, 0.717) is 18.7 Å². The standard InChI is InChI=1S/C16H24N2O6S/c1-5-18(6-2)25(22,23)12-8-7-11(3)13(9-12)15(19)17-10-14(24-4)16(20)21/h7-9,14H,5-6,10H2,1-4H3,(H,17,19)(H,20,21). The molecule has 0 saturated heterocycles. The van der Waals surface area contributed by atoms with Gasteiger partial charge in [0.15, 0.2) is 6.10 Å². The van der Waals surface area contributed by atoms with E-state index in [9.17, 15) is 18.0 Å². The van der Waals surface area contributed by atoms with Gasteiger partial charge in [-0.05, 0) is 24.6 Å². The molecule has 0 saturated carbocycles. The molecule has 1 amide bonds. The number of hydrogen-bond acceptors (Lipinski definition) is 5. The van der Waals surface area contributed by atoms with Crippen molar-refractivity contribution in [1.29, 1.82) is 0 Å². The molecule has 140 valence electrons. The lowest BCUT2D eigenvalue weighted by molar-refractivity contribution is -0.148. The third kappa shape index (κ3) is 5.00. The number of nitrogens with zero attached hydrogens (tertiary/aromatic N) is 1. The van der Waals surface area contributed by atoms with Crippen molar-refractivity contribution < 1.29 is 27.9 Å². The number of ether oxygens (including phenoxy) is 1. The maximum Gasteiger partial charge on any atom is 0.334 e. The lowest BCUT2D eigenvalue weighted by atomic mass is 10.1. The van der Waals surface area contributed by atoms with Crippen molar-refractivity contribution in [2.45, 2.75) is 31.8 Å². The molecule has 0 heterocycles. The normalized spacial score (nSPS) is 12.8. The van der Waals surface area contributed by atoms with Crippen LogP contribution >= 0.6 is 0 Å². The third-order valence-corrected chi connectivity index (χ3v) is 5.85. The lowest BCUT2D eigenvalue weighted by Gasteiger charge is -2.19. The van der Waals surface area contributed by atoms with Gasteiger partial charge in [0, 0.05) is 25.8 Å². The number of benzene rings is 1. The summed E-state index contributed by atoms with van der Waals surface area (Å²) in [6.07, 6.45) is -1.17. The van der Waals surface area contributed by atoms with Crippen LogP contribution < -0.4 is 5.32 Å². The van der Waals surface area contributed by atoms with Crippen LogP contribution in [0.5, 0.6) is 0 Å². The zero-order valence-electron chi connectivity index (χ0n) is 14.8. The number of nitrogens with one attached hydrogen (secondary N) is 1.